The fraction of sp³-hybridized carbons (Fsp3) is 0.556. The van der Waals surface area contributed by atoms with Crippen LogP contribution in [0.25, 0.3) is 0 Å². The lowest BCUT2D eigenvalue weighted by molar-refractivity contribution is -0.207. The zero-order valence-electron chi connectivity index (χ0n) is 8.02. The van der Waals surface area contributed by atoms with Gasteiger partial charge in [0, 0.05) is 11.7 Å². The largest absolute Gasteiger partial charge is 0.399 e. The molecule has 80 valence electrons. The van der Waals surface area contributed by atoms with Crippen LogP contribution < -0.4 is 11.5 Å². The summed E-state index contributed by atoms with van der Waals surface area (Å²) < 4.78 is 38.4. The minimum Gasteiger partial charge on any atom is -0.399 e. The summed E-state index contributed by atoms with van der Waals surface area (Å²) in [5.41, 5.74) is 9.08. The van der Waals surface area contributed by atoms with Crippen molar-refractivity contribution in [1.82, 2.24) is 0 Å². The molecule has 1 rings (SSSR count). The quantitative estimate of drug-likeness (QED) is 0.633. The van der Waals surface area contributed by atoms with Gasteiger partial charge in [0.2, 0.25) is 0 Å². The van der Waals surface area contributed by atoms with Gasteiger partial charge in [0.15, 0.2) is 0 Å². The van der Waals surface area contributed by atoms with Crippen LogP contribution in [0.4, 0.5) is 13.2 Å². The molecule has 2 unspecified atom stereocenters. The Morgan fingerprint density at radius 1 is 1.43 bits per heavy atom. The third-order valence-corrected chi connectivity index (χ3v) is 2.95. The van der Waals surface area contributed by atoms with E-state index in [0.717, 1.165) is 6.92 Å². The zero-order valence-corrected chi connectivity index (χ0v) is 8.02. The topological polar surface area (TPSA) is 52.0 Å². The van der Waals surface area contributed by atoms with Gasteiger partial charge in [-0.05, 0) is 25.5 Å². The predicted octanol–water partition coefficient (Wildman–Crippen LogP) is 1.68. The van der Waals surface area contributed by atoms with Crippen molar-refractivity contribution >= 4 is 0 Å². The molecule has 4 N–H and O–H groups in total. The molecule has 0 aromatic carbocycles. The molecular formula is C9H13F3N2. The number of rotatable bonds is 0. The van der Waals surface area contributed by atoms with E-state index in [1.165, 1.54) is 19.1 Å². The van der Waals surface area contributed by atoms with Gasteiger partial charge in [0.25, 0.3) is 0 Å². The van der Waals surface area contributed by atoms with Crippen LogP contribution in [0.15, 0.2) is 23.4 Å². The number of hydrogen-bond donors (Lipinski definition) is 2. The van der Waals surface area contributed by atoms with E-state index < -0.39 is 17.6 Å². The highest BCUT2D eigenvalue weighted by molar-refractivity contribution is 5.36. The van der Waals surface area contributed by atoms with E-state index in [0.29, 0.717) is 0 Å². The molecule has 0 fully saturated rings. The van der Waals surface area contributed by atoms with Gasteiger partial charge >= 0.3 is 6.18 Å². The van der Waals surface area contributed by atoms with Crippen molar-refractivity contribution in [2.45, 2.75) is 26.1 Å². The van der Waals surface area contributed by atoms with E-state index in [9.17, 15) is 13.2 Å². The molecule has 14 heavy (non-hydrogen) atoms. The average molecular weight is 206 g/mol. The van der Waals surface area contributed by atoms with Crippen LogP contribution in [0.3, 0.4) is 0 Å². The van der Waals surface area contributed by atoms with E-state index in [-0.39, 0.29) is 11.3 Å². The summed E-state index contributed by atoms with van der Waals surface area (Å²) in [4.78, 5) is 0. The van der Waals surface area contributed by atoms with E-state index in [2.05, 4.69) is 0 Å². The summed E-state index contributed by atoms with van der Waals surface area (Å²) in [6, 6.07) is -1.07. The van der Waals surface area contributed by atoms with Gasteiger partial charge in [-0.1, -0.05) is 6.08 Å². The third-order valence-electron chi connectivity index (χ3n) is 2.95. The molecule has 1 aliphatic rings. The zero-order chi connectivity index (χ0) is 11.1. The standard InChI is InChI=1S/C9H13F3N2/c1-5-6(13)3-4-7(14)8(5,2)9(10,11)12/h3-4,7H,13-14H2,1-2H3. The summed E-state index contributed by atoms with van der Waals surface area (Å²) in [5, 5.41) is 0. The first-order chi connectivity index (χ1) is 6.21. The Balaban J connectivity index is 3.27. The van der Waals surface area contributed by atoms with Crippen LogP contribution in [0.1, 0.15) is 13.8 Å². The van der Waals surface area contributed by atoms with Gasteiger partial charge in [0.05, 0.1) is 0 Å². The van der Waals surface area contributed by atoms with E-state index in [4.69, 9.17) is 11.5 Å². The van der Waals surface area contributed by atoms with Crippen molar-refractivity contribution in [3.05, 3.63) is 23.4 Å². The van der Waals surface area contributed by atoms with Gasteiger partial charge in [0.1, 0.15) is 5.41 Å². The molecule has 5 heteroatoms. The molecule has 0 bridgehead atoms. The fourth-order valence-electron chi connectivity index (χ4n) is 1.48. The second-order valence-corrected chi connectivity index (χ2v) is 3.67. The van der Waals surface area contributed by atoms with E-state index in [1.807, 2.05) is 0 Å². The maximum atomic E-state index is 12.8. The highest BCUT2D eigenvalue weighted by Gasteiger charge is 2.56. The van der Waals surface area contributed by atoms with Crippen LogP contribution in [-0.4, -0.2) is 12.2 Å². The highest BCUT2D eigenvalue weighted by Crippen LogP contribution is 2.48. The van der Waals surface area contributed by atoms with E-state index >= 15 is 0 Å². The van der Waals surface area contributed by atoms with Crippen molar-refractivity contribution in [1.29, 1.82) is 0 Å². The number of nitrogens with two attached hydrogens (primary N) is 2. The molecular weight excluding hydrogens is 193 g/mol. The molecule has 0 amide bonds. The smallest absolute Gasteiger partial charge is 0.399 e. The molecule has 0 aliphatic heterocycles. The van der Waals surface area contributed by atoms with Crippen LogP contribution in [0.2, 0.25) is 0 Å². The molecule has 0 saturated carbocycles. The Bertz CT molecular complexity index is 304. The lowest BCUT2D eigenvalue weighted by Gasteiger charge is -2.39. The normalized spacial score (nSPS) is 33.7. The average Bonchev–Trinajstić information content (AvgIpc) is 2.06. The first-order valence-corrected chi connectivity index (χ1v) is 4.18. The van der Waals surface area contributed by atoms with Gasteiger partial charge < -0.3 is 11.5 Å². The van der Waals surface area contributed by atoms with Crippen LogP contribution in [0, 0.1) is 5.41 Å². The number of alkyl halides is 3. The van der Waals surface area contributed by atoms with Crippen molar-refractivity contribution in [3.63, 3.8) is 0 Å². The van der Waals surface area contributed by atoms with Crippen LogP contribution in [0.5, 0.6) is 0 Å². The lowest BCUT2D eigenvalue weighted by Crippen LogP contribution is -2.51. The highest BCUT2D eigenvalue weighted by atomic mass is 19.4. The Morgan fingerprint density at radius 2 is 1.93 bits per heavy atom. The predicted molar refractivity (Wildman–Crippen MR) is 48.2 cm³/mol. The molecule has 0 radical (unpaired) electrons. The first-order valence-electron chi connectivity index (χ1n) is 4.18. The Morgan fingerprint density at radius 3 is 2.29 bits per heavy atom. The Labute approximate surface area is 80.5 Å². The molecule has 1 aliphatic carbocycles. The van der Waals surface area contributed by atoms with Crippen molar-refractivity contribution in [2.24, 2.45) is 16.9 Å². The Hall–Kier alpha value is -0.970. The van der Waals surface area contributed by atoms with Crippen molar-refractivity contribution in [2.75, 3.05) is 0 Å². The Kier molecular flexibility index (Phi) is 2.39. The summed E-state index contributed by atoms with van der Waals surface area (Å²) in [5.74, 6) is 0. The summed E-state index contributed by atoms with van der Waals surface area (Å²) in [6.45, 7) is 2.44. The summed E-state index contributed by atoms with van der Waals surface area (Å²) in [7, 11) is 0. The molecule has 0 saturated heterocycles. The monoisotopic (exact) mass is 206 g/mol. The van der Waals surface area contributed by atoms with Gasteiger partial charge in [-0.25, -0.2) is 0 Å². The van der Waals surface area contributed by atoms with E-state index in [1.54, 1.807) is 0 Å². The molecule has 0 heterocycles. The third kappa shape index (κ3) is 1.32. The van der Waals surface area contributed by atoms with Gasteiger partial charge in [-0.15, -0.1) is 0 Å². The number of allylic oxidation sites excluding steroid dienone is 1. The molecule has 0 spiro atoms. The maximum absolute atomic E-state index is 12.8. The minimum absolute atomic E-state index is 0.0833. The van der Waals surface area contributed by atoms with Gasteiger partial charge in [-0.3, -0.25) is 0 Å². The van der Waals surface area contributed by atoms with Crippen molar-refractivity contribution in [3.8, 4) is 0 Å². The van der Waals surface area contributed by atoms with Crippen LogP contribution >= 0.6 is 0 Å². The van der Waals surface area contributed by atoms with Crippen LogP contribution in [-0.2, 0) is 0 Å². The molecule has 2 nitrogen and oxygen atoms in total. The minimum atomic E-state index is -4.38. The SMILES string of the molecule is CC1=C(N)C=CC(N)C1(C)C(F)(F)F. The molecule has 0 aromatic heterocycles. The second kappa shape index (κ2) is 3.02. The van der Waals surface area contributed by atoms with Gasteiger partial charge in [-0.2, -0.15) is 13.2 Å². The first kappa shape index (κ1) is 11.1. The lowest BCUT2D eigenvalue weighted by atomic mass is 9.72. The molecule has 2 atom stereocenters. The number of hydrogen-bond acceptors (Lipinski definition) is 2. The second-order valence-electron chi connectivity index (χ2n) is 3.67. The summed E-state index contributed by atoms with van der Waals surface area (Å²) in [6.07, 6.45) is -1.67. The number of halogens is 3. The maximum Gasteiger partial charge on any atom is 0.399 e. The van der Waals surface area contributed by atoms with Crippen molar-refractivity contribution < 1.29 is 13.2 Å². The molecule has 0 aromatic rings. The summed E-state index contributed by atoms with van der Waals surface area (Å²) >= 11 is 0. The fourth-order valence-corrected chi connectivity index (χ4v) is 1.48.